The van der Waals surface area contributed by atoms with Crippen molar-refractivity contribution in [1.82, 2.24) is 9.55 Å². The van der Waals surface area contributed by atoms with Gasteiger partial charge in [0.2, 0.25) is 0 Å². The molecule has 0 unspecified atom stereocenters. The number of hydrogen-bond donors (Lipinski definition) is 0. The molecular formula is C14H17ClN2O2S. The highest BCUT2D eigenvalue weighted by molar-refractivity contribution is 7.91. The third-order valence-electron chi connectivity index (χ3n) is 3.88. The van der Waals surface area contributed by atoms with Crippen LogP contribution < -0.4 is 0 Å². The summed E-state index contributed by atoms with van der Waals surface area (Å²) >= 11 is 5.87. The molecule has 1 aromatic carbocycles. The maximum absolute atomic E-state index is 11.6. The molecule has 0 spiro atoms. The third-order valence-corrected chi connectivity index (χ3v) is 5.78. The number of alkyl halides is 1. The monoisotopic (exact) mass is 312 g/mol. The summed E-state index contributed by atoms with van der Waals surface area (Å²) in [5.74, 6) is 2.02. The van der Waals surface area contributed by atoms with E-state index in [9.17, 15) is 8.42 Å². The predicted molar refractivity (Wildman–Crippen MR) is 81.1 cm³/mol. The molecule has 108 valence electrons. The topological polar surface area (TPSA) is 52.0 Å². The van der Waals surface area contributed by atoms with Gasteiger partial charge in [0.15, 0.2) is 0 Å². The fourth-order valence-corrected chi connectivity index (χ4v) is 4.53. The Morgan fingerprint density at radius 3 is 2.65 bits per heavy atom. The van der Waals surface area contributed by atoms with E-state index >= 15 is 0 Å². The van der Waals surface area contributed by atoms with Crippen LogP contribution >= 0.6 is 11.6 Å². The number of fused-ring (bicyclic) bond motifs is 1. The van der Waals surface area contributed by atoms with Crippen molar-refractivity contribution in [2.45, 2.75) is 25.3 Å². The SMILES string of the molecule is O=S1(=O)CCC(n2c(CCCl)nc3ccccc32)CC1. The number of nitrogens with zero attached hydrogens (tertiary/aromatic N) is 2. The first-order chi connectivity index (χ1) is 9.61. The molecule has 1 aromatic heterocycles. The second kappa shape index (κ2) is 5.37. The molecule has 2 heterocycles. The lowest BCUT2D eigenvalue weighted by Gasteiger charge is -2.25. The minimum absolute atomic E-state index is 0.212. The minimum atomic E-state index is -2.84. The van der Waals surface area contributed by atoms with Gasteiger partial charge < -0.3 is 4.57 Å². The largest absolute Gasteiger partial charge is 0.325 e. The number of imidazole rings is 1. The van der Waals surface area contributed by atoms with Crippen LogP contribution in [-0.4, -0.2) is 35.4 Å². The van der Waals surface area contributed by atoms with Crippen molar-refractivity contribution in [2.24, 2.45) is 0 Å². The Kier molecular flexibility index (Phi) is 3.73. The van der Waals surface area contributed by atoms with Crippen molar-refractivity contribution in [1.29, 1.82) is 0 Å². The summed E-state index contributed by atoms with van der Waals surface area (Å²) in [6.45, 7) is 0. The highest BCUT2D eigenvalue weighted by Gasteiger charge is 2.27. The van der Waals surface area contributed by atoms with Crippen LogP contribution in [0.25, 0.3) is 11.0 Å². The Morgan fingerprint density at radius 1 is 1.25 bits per heavy atom. The van der Waals surface area contributed by atoms with E-state index in [0.717, 1.165) is 16.9 Å². The fourth-order valence-electron chi connectivity index (χ4n) is 2.90. The van der Waals surface area contributed by atoms with Crippen LogP contribution in [0.3, 0.4) is 0 Å². The van der Waals surface area contributed by atoms with Crippen molar-refractivity contribution in [2.75, 3.05) is 17.4 Å². The molecule has 0 radical (unpaired) electrons. The van der Waals surface area contributed by atoms with Crippen LogP contribution in [-0.2, 0) is 16.3 Å². The molecule has 0 bridgehead atoms. The number of hydrogen-bond acceptors (Lipinski definition) is 3. The number of rotatable bonds is 3. The highest BCUT2D eigenvalue weighted by atomic mass is 35.5. The van der Waals surface area contributed by atoms with E-state index < -0.39 is 9.84 Å². The molecule has 4 nitrogen and oxygen atoms in total. The molecular weight excluding hydrogens is 296 g/mol. The van der Waals surface area contributed by atoms with Gasteiger partial charge in [-0.2, -0.15) is 0 Å². The molecule has 0 aliphatic carbocycles. The van der Waals surface area contributed by atoms with Crippen molar-refractivity contribution >= 4 is 32.5 Å². The molecule has 1 aliphatic heterocycles. The Balaban J connectivity index is 2.03. The van der Waals surface area contributed by atoms with Gasteiger partial charge in [0.25, 0.3) is 0 Å². The summed E-state index contributed by atoms with van der Waals surface area (Å²) in [5, 5.41) is 0. The fraction of sp³-hybridized carbons (Fsp3) is 0.500. The Bertz CT molecular complexity index is 710. The average molecular weight is 313 g/mol. The van der Waals surface area contributed by atoms with Gasteiger partial charge in [0, 0.05) is 18.3 Å². The van der Waals surface area contributed by atoms with Gasteiger partial charge in [0.1, 0.15) is 15.7 Å². The van der Waals surface area contributed by atoms with E-state index in [-0.39, 0.29) is 17.5 Å². The van der Waals surface area contributed by atoms with Crippen molar-refractivity contribution < 1.29 is 8.42 Å². The van der Waals surface area contributed by atoms with Crippen LogP contribution in [0.2, 0.25) is 0 Å². The van der Waals surface area contributed by atoms with Gasteiger partial charge in [-0.1, -0.05) is 12.1 Å². The molecule has 1 fully saturated rings. The number of aryl methyl sites for hydroxylation is 1. The van der Waals surface area contributed by atoms with Crippen molar-refractivity contribution in [3.8, 4) is 0 Å². The third kappa shape index (κ3) is 2.56. The van der Waals surface area contributed by atoms with Gasteiger partial charge >= 0.3 is 0 Å². The van der Waals surface area contributed by atoms with E-state index in [0.29, 0.717) is 25.1 Å². The lowest BCUT2D eigenvalue weighted by atomic mass is 10.1. The van der Waals surface area contributed by atoms with Crippen LogP contribution in [0.5, 0.6) is 0 Å². The maximum Gasteiger partial charge on any atom is 0.150 e. The molecule has 3 rings (SSSR count). The molecule has 0 saturated carbocycles. The number of sulfone groups is 1. The Labute approximate surface area is 123 Å². The van der Waals surface area contributed by atoms with Gasteiger partial charge in [-0.15, -0.1) is 11.6 Å². The minimum Gasteiger partial charge on any atom is -0.325 e. The van der Waals surface area contributed by atoms with Gasteiger partial charge in [-0.3, -0.25) is 0 Å². The summed E-state index contributed by atoms with van der Waals surface area (Å²) in [6.07, 6.45) is 2.04. The highest BCUT2D eigenvalue weighted by Crippen LogP contribution is 2.29. The lowest BCUT2D eigenvalue weighted by Crippen LogP contribution is -2.26. The zero-order valence-corrected chi connectivity index (χ0v) is 12.7. The summed E-state index contributed by atoms with van der Waals surface area (Å²) in [5.41, 5.74) is 2.04. The molecule has 0 amide bonds. The first kappa shape index (κ1) is 13.9. The second-order valence-electron chi connectivity index (χ2n) is 5.21. The molecule has 0 N–H and O–H groups in total. The van der Waals surface area contributed by atoms with Crippen molar-refractivity contribution in [3.05, 3.63) is 30.1 Å². The van der Waals surface area contributed by atoms with Crippen molar-refractivity contribution in [3.63, 3.8) is 0 Å². The number of benzene rings is 1. The normalized spacial score (nSPS) is 19.4. The molecule has 1 aliphatic rings. The summed E-state index contributed by atoms with van der Waals surface area (Å²) in [7, 11) is -2.84. The molecule has 20 heavy (non-hydrogen) atoms. The van der Waals surface area contributed by atoms with Gasteiger partial charge in [0.05, 0.1) is 22.5 Å². The maximum atomic E-state index is 11.6. The zero-order valence-electron chi connectivity index (χ0n) is 11.1. The van der Waals surface area contributed by atoms with E-state index in [1.807, 2.05) is 24.3 Å². The van der Waals surface area contributed by atoms with E-state index in [4.69, 9.17) is 11.6 Å². The van der Waals surface area contributed by atoms with Crippen LogP contribution in [0.15, 0.2) is 24.3 Å². The standard InChI is InChI=1S/C14H17ClN2O2S/c15-8-5-14-16-12-3-1-2-4-13(12)17(14)11-6-9-20(18,19)10-7-11/h1-4,11H,5-10H2. The second-order valence-corrected chi connectivity index (χ2v) is 7.89. The number of para-hydroxylation sites is 2. The van der Waals surface area contributed by atoms with Gasteiger partial charge in [-0.25, -0.2) is 13.4 Å². The van der Waals surface area contributed by atoms with Gasteiger partial charge in [-0.05, 0) is 25.0 Å². The van der Waals surface area contributed by atoms with E-state index in [1.165, 1.54) is 0 Å². The first-order valence-corrected chi connectivity index (χ1v) is 9.18. The molecule has 0 atom stereocenters. The Hall–Kier alpha value is -1.07. The summed E-state index contributed by atoms with van der Waals surface area (Å²) < 4.78 is 25.4. The first-order valence-electron chi connectivity index (χ1n) is 6.83. The lowest BCUT2D eigenvalue weighted by molar-refractivity contribution is 0.447. The number of halogens is 1. The van der Waals surface area contributed by atoms with Crippen LogP contribution in [0.4, 0.5) is 0 Å². The molecule has 1 saturated heterocycles. The van der Waals surface area contributed by atoms with E-state index in [2.05, 4.69) is 9.55 Å². The summed E-state index contributed by atoms with van der Waals surface area (Å²) in [6, 6.07) is 8.20. The number of aromatic nitrogens is 2. The predicted octanol–water partition coefficient (Wildman–Crippen LogP) is 2.57. The smallest absolute Gasteiger partial charge is 0.150 e. The summed E-state index contributed by atoms with van der Waals surface area (Å²) in [4.78, 5) is 4.64. The quantitative estimate of drug-likeness (QED) is 0.819. The Morgan fingerprint density at radius 2 is 1.95 bits per heavy atom. The van der Waals surface area contributed by atoms with E-state index in [1.54, 1.807) is 0 Å². The van der Waals surface area contributed by atoms with Crippen LogP contribution in [0.1, 0.15) is 24.7 Å². The molecule has 2 aromatic rings. The van der Waals surface area contributed by atoms with Crippen LogP contribution in [0, 0.1) is 0 Å². The average Bonchev–Trinajstić information content (AvgIpc) is 2.78. The molecule has 6 heteroatoms. The zero-order chi connectivity index (χ0) is 14.2.